The van der Waals surface area contributed by atoms with E-state index in [1.165, 1.54) is 18.9 Å². The van der Waals surface area contributed by atoms with Gasteiger partial charge in [0.2, 0.25) is 0 Å². The Morgan fingerprint density at radius 1 is 1.54 bits per heavy atom. The Labute approximate surface area is 78.3 Å². The zero-order chi connectivity index (χ0) is 9.26. The largest absolute Gasteiger partial charge is 0.462 e. The fourth-order valence-electron chi connectivity index (χ4n) is 2.33. The maximum Gasteiger partial charge on any atom is 0.330 e. The summed E-state index contributed by atoms with van der Waals surface area (Å²) in [6.45, 7) is 3.93. The summed E-state index contributed by atoms with van der Waals surface area (Å²) < 4.78 is 5.04. The van der Waals surface area contributed by atoms with E-state index in [9.17, 15) is 4.79 Å². The summed E-state index contributed by atoms with van der Waals surface area (Å²) in [5, 5.41) is 0. The minimum Gasteiger partial charge on any atom is -0.462 e. The highest BCUT2D eigenvalue weighted by Gasteiger charge is 2.35. The van der Waals surface area contributed by atoms with Gasteiger partial charge in [-0.25, -0.2) is 4.79 Å². The SMILES string of the molecule is C=CC(=O)OC[C@H]1C[C@H]2C=C[C@H]1C2. The van der Waals surface area contributed by atoms with E-state index in [4.69, 9.17) is 4.74 Å². The second-order valence-corrected chi connectivity index (χ2v) is 3.87. The third kappa shape index (κ3) is 1.67. The topological polar surface area (TPSA) is 26.3 Å². The first-order valence-corrected chi connectivity index (χ1v) is 4.77. The van der Waals surface area contributed by atoms with E-state index < -0.39 is 0 Å². The van der Waals surface area contributed by atoms with E-state index in [1.807, 2.05) is 0 Å². The number of rotatable bonds is 3. The molecule has 0 radical (unpaired) electrons. The molecule has 3 atom stereocenters. The van der Waals surface area contributed by atoms with Crippen molar-refractivity contribution in [2.45, 2.75) is 12.8 Å². The van der Waals surface area contributed by atoms with Crippen molar-refractivity contribution in [1.29, 1.82) is 0 Å². The summed E-state index contributed by atoms with van der Waals surface area (Å²) in [5.74, 6) is 1.66. The molecule has 1 fully saturated rings. The average molecular weight is 178 g/mol. The molecule has 0 aromatic carbocycles. The quantitative estimate of drug-likeness (QED) is 0.375. The highest BCUT2D eigenvalue weighted by atomic mass is 16.5. The predicted octanol–water partition coefficient (Wildman–Crippen LogP) is 1.93. The lowest BCUT2D eigenvalue weighted by Gasteiger charge is -2.16. The van der Waals surface area contributed by atoms with Crippen molar-refractivity contribution in [3.63, 3.8) is 0 Å². The second-order valence-electron chi connectivity index (χ2n) is 3.87. The van der Waals surface area contributed by atoms with Crippen LogP contribution in [0.4, 0.5) is 0 Å². The van der Waals surface area contributed by atoms with Gasteiger partial charge in [0.25, 0.3) is 0 Å². The molecule has 70 valence electrons. The van der Waals surface area contributed by atoms with Gasteiger partial charge >= 0.3 is 5.97 Å². The first-order chi connectivity index (χ1) is 6.29. The van der Waals surface area contributed by atoms with E-state index in [1.54, 1.807) is 0 Å². The molecule has 2 bridgehead atoms. The van der Waals surface area contributed by atoms with E-state index in [2.05, 4.69) is 18.7 Å². The lowest BCUT2D eigenvalue weighted by atomic mass is 9.95. The van der Waals surface area contributed by atoms with Crippen LogP contribution in [-0.2, 0) is 9.53 Å². The summed E-state index contributed by atoms with van der Waals surface area (Å²) in [7, 11) is 0. The molecule has 2 aliphatic rings. The lowest BCUT2D eigenvalue weighted by Crippen LogP contribution is -2.16. The predicted molar refractivity (Wildman–Crippen MR) is 50.0 cm³/mol. The smallest absolute Gasteiger partial charge is 0.330 e. The molecule has 0 heterocycles. The Hall–Kier alpha value is -1.05. The van der Waals surface area contributed by atoms with Crippen molar-refractivity contribution in [1.82, 2.24) is 0 Å². The molecular formula is C11H14O2. The molecule has 1 saturated carbocycles. The van der Waals surface area contributed by atoms with E-state index in [0.29, 0.717) is 18.4 Å². The molecule has 0 unspecified atom stereocenters. The van der Waals surface area contributed by atoms with Gasteiger partial charge in [0.1, 0.15) is 0 Å². The highest BCUT2D eigenvalue weighted by Crippen LogP contribution is 2.43. The molecule has 0 N–H and O–H groups in total. The Bertz CT molecular complexity index is 255. The summed E-state index contributed by atoms with van der Waals surface area (Å²) in [5.41, 5.74) is 0. The molecule has 13 heavy (non-hydrogen) atoms. The van der Waals surface area contributed by atoms with Crippen LogP contribution >= 0.6 is 0 Å². The molecule has 0 amide bonds. The van der Waals surface area contributed by atoms with Crippen LogP contribution in [0.15, 0.2) is 24.8 Å². The number of hydrogen-bond donors (Lipinski definition) is 0. The number of carbonyl (C=O) groups excluding carboxylic acids is 1. The number of carbonyl (C=O) groups is 1. The summed E-state index contributed by atoms with van der Waals surface area (Å²) >= 11 is 0. The second kappa shape index (κ2) is 3.36. The number of ether oxygens (including phenoxy) is 1. The van der Waals surface area contributed by atoms with Gasteiger partial charge in [0, 0.05) is 6.08 Å². The summed E-state index contributed by atoms with van der Waals surface area (Å²) in [6, 6.07) is 0. The fraction of sp³-hybridized carbons (Fsp3) is 0.545. The number of fused-ring (bicyclic) bond motifs is 2. The van der Waals surface area contributed by atoms with E-state index >= 15 is 0 Å². The minimum absolute atomic E-state index is 0.299. The van der Waals surface area contributed by atoms with Crippen molar-refractivity contribution in [3.8, 4) is 0 Å². The highest BCUT2D eigenvalue weighted by molar-refractivity contribution is 5.81. The van der Waals surface area contributed by atoms with Crippen LogP contribution < -0.4 is 0 Å². The zero-order valence-electron chi connectivity index (χ0n) is 7.61. The summed E-state index contributed by atoms with van der Waals surface area (Å²) in [4.78, 5) is 10.8. The van der Waals surface area contributed by atoms with Crippen molar-refractivity contribution in [2.24, 2.45) is 17.8 Å². The standard InChI is InChI=1S/C11H14O2/c1-2-11(12)13-7-10-6-8-3-4-9(10)5-8/h2-4,8-10H,1,5-7H2/t8-,9-,10+/m0/s1. The van der Waals surface area contributed by atoms with Crippen molar-refractivity contribution in [3.05, 3.63) is 24.8 Å². The monoisotopic (exact) mass is 178 g/mol. The number of hydrogen-bond acceptors (Lipinski definition) is 2. The third-order valence-corrected chi connectivity index (χ3v) is 3.02. The molecule has 2 nitrogen and oxygen atoms in total. The maximum atomic E-state index is 10.8. The van der Waals surface area contributed by atoms with Crippen LogP contribution in [0.25, 0.3) is 0 Å². The van der Waals surface area contributed by atoms with Gasteiger partial charge in [-0.2, -0.15) is 0 Å². The molecule has 0 aromatic rings. The molecule has 0 spiro atoms. The first kappa shape index (κ1) is 8.54. The Morgan fingerprint density at radius 2 is 2.38 bits per heavy atom. The van der Waals surface area contributed by atoms with Gasteiger partial charge in [-0.15, -0.1) is 0 Å². The van der Waals surface area contributed by atoms with E-state index in [-0.39, 0.29) is 5.97 Å². The summed E-state index contributed by atoms with van der Waals surface area (Å²) in [6.07, 6.45) is 8.22. The minimum atomic E-state index is -0.299. The Kier molecular flexibility index (Phi) is 2.21. The maximum absolute atomic E-state index is 10.8. The van der Waals surface area contributed by atoms with Gasteiger partial charge in [-0.05, 0) is 30.6 Å². The van der Waals surface area contributed by atoms with Crippen LogP contribution in [0.3, 0.4) is 0 Å². The normalized spacial score (nSPS) is 34.9. The van der Waals surface area contributed by atoms with Crippen molar-refractivity contribution < 1.29 is 9.53 Å². The van der Waals surface area contributed by atoms with Gasteiger partial charge in [0.15, 0.2) is 0 Å². The molecule has 0 aliphatic heterocycles. The van der Waals surface area contributed by atoms with Gasteiger partial charge < -0.3 is 4.74 Å². The van der Waals surface area contributed by atoms with Crippen LogP contribution in [0, 0.1) is 17.8 Å². The number of allylic oxidation sites excluding steroid dienone is 2. The molecule has 2 heteroatoms. The molecule has 2 aliphatic carbocycles. The first-order valence-electron chi connectivity index (χ1n) is 4.77. The fourth-order valence-corrected chi connectivity index (χ4v) is 2.33. The zero-order valence-corrected chi connectivity index (χ0v) is 7.61. The molecule has 0 aromatic heterocycles. The lowest BCUT2D eigenvalue weighted by molar-refractivity contribution is -0.139. The van der Waals surface area contributed by atoms with Crippen LogP contribution in [0.1, 0.15) is 12.8 Å². The molecule has 2 rings (SSSR count). The van der Waals surface area contributed by atoms with E-state index in [0.717, 1.165) is 5.92 Å². The van der Waals surface area contributed by atoms with Crippen LogP contribution in [0.5, 0.6) is 0 Å². The van der Waals surface area contributed by atoms with Gasteiger partial charge in [0.05, 0.1) is 6.61 Å². The average Bonchev–Trinajstić information content (AvgIpc) is 2.74. The van der Waals surface area contributed by atoms with Crippen LogP contribution in [0.2, 0.25) is 0 Å². The molecular weight excluding hydrogens is 164 g/mol. The Balaban J connectivity index is 1.81. The molecule has 0 saturated heterocycles. The number of esters is 1. The van der Waals surface area contributed by atoms with Gasteiger partial charge in [-0.1, -0.05) is 18.7 Å². The third-order valence-electron chi connectivity index (χ3n) is 3.02. The van der Waals surface area contributed by atoms with Crippen molar-refractivity contribution >= 4 is 5.97 Å². The van der Waals surface area contributed by atoms with Crippen LogP contribution in [-0.4, -0.2) is 12.6 Å². The van der Waals surface area contributed by atoms with Gasteiger partial charge in [-0.3, -0.25) is 0 Å². The Morgan fingerprint density at radius 3 is 2.92 bits per heavy atom. The van der Waals surface area contributed by atoms with Crippen molar-refractivity contribution in [2.75, 3.05) is 6.61 Å².